The van der Waals surface area contributed by atoms with Crippen LogP contribution < -0.4 is 17.0 Å². The molecule has 20 heavy (non-hydrogen) atoms. The molecule has 0 fully saturated rings. The van der Waals surface area contributed by atoms with E-state index in [1.807, 2.05) is 36.4 Å². The summed E-state index contributed by atoms with van der Waals surface area (Å²) in [6.07, 6.45) is 3.47. The number of fused-ring (bicyclic) bond motifs is 1. The molecule has 0 saturated carbocycles. The third kappa shape index (κ3) is 2.78. The highest BCUT2D eigenvalue weighted by molar-refractivity contribution is 5.79. The minimum Gasteiger partial charge on any atom is -1.00 e. The molecule has 0 aliphatic heterocycles. The zero-order valence-corrected chi connectivity index (χ0v) is 11.2. The number of imidazole rings is 1. The summed E-state index contributed by atoms with van der Waals surface area (Å²) < 4.78 is 1.61. The summed E-state index contributed by atoms with van der Waals surface area (Å²) in [6, 6.07) is 11.5. The SMILES string of the molecule is O=C(O)C[n+]1ccc(-c2nc3ccccc3[nH]2)cc1.[Cl-]. The number of hydrogen-bond donors (Lipinski definition) is 2. The predicted octanol–water partition coefficient (Wildman–Crippen LogP) is -1.39. The molecular formula is C14H12ClN3O2. The van der Waals surface area contributed by atoms with E-state index in [-0.39, 0.29) is 19.0 Å². The highest BCUT2D eigenvalue weighted by Gasteiger charge is 2.09. The van der Waals surface area contributed by atoms with Crippen molar-refractivity contribution in [3.05, 3.63) is 48.8 Å². The second kappa shape index (κ2) is 5.71. The van der Waals surface area contributed by atoms with Gasteiger partial charge in [0.25, 0.3) is 0 Å². The molecule has 0 bridgehead atoms. The zero-order chi connectivity index (χ0) is 13.2. The van der Waals surface area contributed by atoms with Crippen LogP contribution in [0.1, 0.15) is 0 Å². The van der Waals surface area contributed by atoms with Gasteiger partial charge in [0.05, 0.1) is 11.0 Å². The van der Waals surface area contributed by atoms with Crippen molar-refractivity contribution in [2.75, 3.05) is 0 Å². The monoisotopic (exact) mass is 289 g/mol. The molecule has 6 heteroatoms. The zero-order valence-electron chi connectivity index (χ0n) is 10.5. The van der Waals surface area contributed by atoms with Gasteiger partial charge in [-0.1, -0.05) is 12.1 Å². The average Bonchev–Trinajstić information content (AvgIpc) is 2.82. The van der Waals surface area contributed by atoms with Gasteiger partial charge in [-0.05, 0) is 12.1 Å². The number of carbonyl (C=O) groups is 1. The van der Waals surface area contributed by atoms with Crippen LogP contribution in [0.25, 0.3) is 22.4 Å². The average molecular weight is 290 g/mol. The molecule has 0 aliphatic carbocycles. The van der Waals surface area contributed by atoms with Crippen LogP contribution in [0.5, 0.6) is 0 Å². The van der Waals surface area contributed by atoms with Gasteiger partial charge in [0.15, 0.2) is 12.4 Å². The summed E-state index contributed by atoms with van der Waals surface area (Å²) >= 11 is 0. The number of nitrogens with zero attached hydrogens (tertiary/aromatic N) is 2. The van der Waals surface area contributed by atoms with E-state index >= 15 is 0 Å². The van der Waals surface area contributed by atoms with Crippen molar-refractivity contribution in [3.63, 3.8) is 0 Å². The van der Waals surface area contributed by atoms with Crippen molar-refractivity contribution < 1.29 is 26.9 Å². The van der Waals surface area contributed by atoms with Crippen LogP contribution in [0.2, 0.25) is 0 Å². The number of aromatic nitrogens is 3. The Hall–Kier alpha value is -2.40. The van der Waals surface area contributed by atoms with E-state index < -0.39 is 5.97 Å². The molecule has 3 rings (SSSR count). The minimum atomic E-state index is -0.860. The Kier molecular flexibility index (Phi) is 4.00. The first-order valence-corrected chi connectivity index (χ1v) is 5.88. The molecule has 0 aliphatic rings. The van der Waals surface area contributed by atoms with Crippen LogP contribution >= 0.6 is 0 Å². The van der Waals surface area contributed by atoms with Crippen LogP contribution in [0.3, 0.4) is 0 Å². The fourth-order valence-corrected chi connectivity index (χ4v) is 1.97. The number of hydrogen-bond acceptors (Lipinski definition) is 2. The van der Waals surface area contributed by atoms with Gasteiger partial charge in [0, 0.05) is 17.7 Å². The number of aromatic amines is 1. The van der Waals surface area contributed by atoms with Crippen molar-refractivity contribution >= 4 is 17.0 Å². The standard InChI is InChI=1S/C14H11N3O2.ClH/c18-13(19)9-17-7-5-10(6-8-17)14-15-11-3-1-2-4-12(11)16-14;/h1-8H,9H2,(H,18,19);1H. The molecule has 0 atom stereocenters. The predicted molar refractivity (Wildman–Crippen MR) is 69.4 cm³/mol. The largest absolute Gasteiger partial charge is 1.00 e. The Morgan fingerprint density at radius 2 is 1.90 bits per heavy atom. The van der Waals surface area contributed by atoms with Crippen LogP contribution in [0, 0.1) is 0 Å². The van der Waals surface area contributed by atoms with E-state index in [4.69, 9.17) is 5.11 Å². The number of nitrogens with one attached hydrogen (secondary N) is 1. The lowest BCUT2D eigenvalue weighted by molar-refractivity contribution is -0.685. The van der Waals surface area contributed by atoms with E-state index in [0.717, 1.165) is 22.4 Å². The topological polar surface area (TPSA) is 69.9 Å². The summed E-state index contributed by atoms with van der Waals surface area (Å²) in [5.41, 5.74) is 2.83. The fraction of sp³-hybridized carbons (Fsp3) is 0.0714. The number of carboxylic acid groups (broad SMARTS) is 1. The smallest absolute Gasteiger partial charge is 0.370 e. The Labute approximate surface area is 121 Å². The van der Waals surface area contributed by atoms with Crippen molar-refractivity contribution in [1.29, 1.82) is 0 Å². The van der Waals surface area contributed by atoms with Crippen LogP contribution in [0.4, 0.5) is 0 Å². The van der Waals surface area contributed by atoms with Crippen molar-refractivity contribution in [3.8, 4) is 11.4 Å². The van der Waals surface area contributed by atoms with Crippen LogP contribution in [-0.2, 0) is 11.3 Å². The maximum absolute atomic E-state index is 10.6. The van der Waals surface area contributed by atoms with Gasteiger partial charge in [0.2, 0.25) is 6.54 Å². The van der Waals surface area contributed by atoms with E-state index in [9.17, 15) is 4.79 Å². The van der Waals surface area contributed by atoms with E-state index in [1.165, 1.54) is 0 Å². The molecule has 102 valence electrons. The second-order valence-electron chi connectivity index (χ2n) is 4.26. The number of rotatable bonds is 3. The molecule has 0 spiro atoms. The number of benzene rings is 1. The molecule has 3 aromatic rings. The molecule has 0 radical (unpaired) electrons. The maximum atomic E-state index is 10.6. The lowest BCUT2D eigenvalue weighted by Crippen LogP contribution is -3.00. The molecule has 0 saturated heterocycles. The molecule has 0 amide bonds. The number of halogens is 1. The lowest BCUT2D eigenvalue weighted by Gasteiger charge is -1.95. The fourth-order valence-electron chi connectivity index (χ4n) is 1.97. The maximum Gasteiger partial charge on any atom is 0.370 e. The van der Waals surface area contributed by atoms with Gasteiger partial charge in [-0.2, -0.15) is 4.57 Å². The minimum absolute atomic E-state index is 0. The summed E-state index contributed by atoms with van der Waals surface area (Å²) in [7, 11) is 0. The highest BCUT2D eigenvalue weighted by atomic mass is 35.5. The molecular weight excluding hydrogens is 278 g/mol. The number of H-pyrrole nitrogens is 1. The van der Waals surface area contributed by atoms with Crippen LogP contribution in [0.15, 0.2) is 48.8 Å². The second-order valence-corrected chi connectivity index (χ2v) is 4.26. The number of pyridine rings is 1. The van der Waals surface area contributed by atoms with Gasteiger partial charge >= 0.3 is 5.97 Å². The Morgan fingerprint density at radius 1 is 1.20 bits per heavy atom. The normalized spacial score (nSPS) is 10.2. The molecule has 1 aromatic carbocycles. The summed E-state index contributed by atoms with van der Waals surface area (Å²) in [6.45, 7) is -0.0413. The molecule has 2 heterocycles. The summed E-state index contributed by atoms with van der Waals surface area (Å²) in [5.74, 6) is -0.0786. The highest BCUT2D eigenvalue weighted by Crippen LogP contribution is 2.18. The lowest BCUT2D eigenvalue weighted by atomic mass is 10.2. The number of carboxylic acids is 1. The first kappa shape index (κ1) is 14.0. The first-order valence-electron chi connectivity index (χ1n) is 5.88. The third-order valence-electron chi connectivity index (χ3n) is 2.87. The van der Waals surface area contributed by atoms with Crippen molar-refractivity contribution in [2.24, 2.45) is 0 Å². The number of para-hydroxylation sites is 2. The quantitative estimate of drug-likeness (QED) is 0.583. The van der Waals surface area contributed by atoms with Gasteiger partial charge in [-0.3, -0.25) is 0 Å². The molecule has 5 nitrogen and oxygen atoms in total. The van der Waals surface area contributed by atoms with Crippen LogP contribution in [-0.4, -0.2) is 21.0 Å². The van der Waals surface area contributed by atoms with Gasteiger partial charge in [0.1, 0.15) is 5.82 Å². The Balaban J connectivity index is 0.00000147. The van der Waals surface area contributed by atoms with E-state index in [0.29, 0.717) is 0 Å². The van der Waals surface area contributed by atoms with Gasteiger partial charge in [-0.25, -0.2) is 9.78 Å². The Morgan fingerprint density at radius 3 is 2.55 bits per heavy atom. The van der Waals surface area contributed by atoms with Gasteiger partial charge < -0.3 is 22.5 Å². The molecule has 2 N–H and O–H groups in total. The number of aliphatic carboxylic acids is 1. The molecule has 0 unspecified atom stereocenters. The van der Waals surface area contributed by atoms with Crippen molar-refractivity contribution in [1.82, 2.24) is 9.97 Å². The Bertz CT molecular complexity index is 705. The third-order valence-corrected chi connectivity index (χ3v) is 2.87. The van der Waals surface area contributed by atoms with E-state index in [2.05, 4.69) is 9.97 Å². The van der Waals surface area contributed by atoms with Gasteiger partial charge in [-0.15, -0.1) is 0 Å². The van der Waals surface area contributed by atoms with Crippen molar-refractivity contribution in [2.45, 2.75) is 6.54 Å². The first-order chi connectivity index (χ1) is 9.22. The molecule has 2 aromatic heterocycles. The summed E-state index contributed by atoms with van der Waals surface area (Å²) in [4.78, 5) is 18.3. The van der Waals surface area contributed by atoms with E-state index in [1.54, 1.807) is 17.0 Å². The summed E-state index contributed by atoms with van der Waals surface area (Å²) in [5, 5.41) is 8.71.